The summed E-state index contributed by atoms with van der Waals surface area (Å²) in [5, 5.41) is 11.3. The topological polar surface area (TPSA) is 92.4 Å². The van der Waals surface area contributed by atoms with Gasteiger partial charge in [0.15, 0.2) is 0 Å². The maximum absolute atomic E-state index is 11.8. The van der Waals surface area contributed by atoms with Crippen LogP contribution in [-0.2, 0) is 9.59 Å². The van der Waals surface area contributed by atoms with Crippen LogP contribution >= 0.6 is 0 Å². The highest BCUT2D eigenvalue weighted by Gasteiger charge is 2.43. The predicted octanol–water partition coefficient (Wildman–Crippen LogP) is -0.292. The van der Waals surface area contributed by atoms with Crippen molar-refractivity contribution < 1.29 is 14.7 Å². The normalized spacial score (nSPS) is 19.0. The predicted molar refractivity (Wildman–Crippen MR) is 58.4 cm³/mol. The van der Waals surface area contributed by atoms with Gasteiger partial charge in [-0.05, 0) is 12.8 Å². The minimum Gasteiger partial charge on any atom is -0.480 e. The molecule has 0 saturated heterocycles. The van der Waals surface area contributed by atoms with E-state index in [1.807, 2.05) is 0 Å². The molecule has 0 aromatic rings. The molecule has 1 atom stereocenters. The second-order valence-electron chi connectivity index (χ2n) is 4.11. The lowest BCUT2D eigenvalue weighted by atomic mass is 9.68. The van der Waals surface area contributed by atoms with Crippen molar-refractivity contribution in [3.8, 4) is 12.3 Å². The second-order valence-corrected chi connectivity index (χ2v) is 4.11. The van der Waals surface area contributed by atoms with Crippen molar-refractivity contribution in [3.63, 3.8) is 0 Å². The van der Waals surface area contributed by atoms with Crippen LogP contribution in [0.5, 0.6) is 0 Å². The van der Waals surface area contributed by atoms with Crippen LogP contribution in [0.25, 0.3) is 0 Å². The molecule has 0 bridgehead atoms. The highest BCUT2D eigenvalue weighted by molar-refractivity contribution is 5.88. The SMILES string of the molecule is C#CCC(NC(=O)C1(CN)CCC1)C(=O)O. The third-order valence-electron chi connectivity index (χ3n) is 3.11. The fraction of sp³-hybridized carbons (Fsp3) is 0.636. The van der Waals surface area contributed by atoms with Crippen molar-refractivity contribution in [2.24, 2.45) is 11.1 Å². The minimum absolute atomic E-state index is 0.0122. The summed E-state index contributed by atoms with van der Waals surface area (Å²) in [7, 11) is 0. The van der Waals surface area contributed by atoms with Crippen LogP contribution in [0.2, 0.25) is 0 Å². The molecule has 5 nitrogen and oxygen atoms in total. The highest BCUT2D eigenvalue weighted by Crippen LogP contribution is 2.40. The van der Waals surface area contributed by atoms with E-state index in [4.69, 9.17) is 17.3 Å². The Morgan fingerprint density at radius 1 is 1.56 bits per heavy atom. The average molecular weight is 224 g/mol. The quantitative estimate of drug-likeness (QED) is 0.559. The summed E-state index contributed by atoms with van der Waals surface area (Å²) in [6.45, 7) is 0.251. The Bertz CT molecular complexity index is 323. The van der Waals surface area contributed by atoms with Crippen molar-refractivity contribution >= 4 is 11.9 Å². The lowest BCUT2D eigenvalue weighted by Gasteiger charge is -2.39. The van der Waals surface area contributed by atoms with E-state index < -0.39 is 17.4 Å². The molecule has 0 heterocycles. The van der Waals surface area contributed by atoms with Crippen LogP contribution in [-0.4, -0.2) is 29.6 Å². The molecule has 1 aliphatic rings. The van der Waals surface area contributed by atoms with Gasteiger partial charge in [-0.3, -0.25) is 4.79 Å². The Morgan fingerprint density at radius 2 is 2.19 bits per heavy atom. The van der Waals surface area contributed by atoms with Crippen molar-refractivity contribution in [3.05, 3.63) is 0 Å². The standard InChI is InChI=1S/C11H16N2O3/c1-2-4-8(9(14)15)13-10(16)11(7-12)5-3-6-11/h1,8H,3-7,12H2,(H,13,16)(H,14,15). The molecule has 0 aromatic heterocycles. The molecule has 0 radical (unpaired) electrons. The van der Waals surface area contributed by atoms with Gasteiger partial charge in [-0.15, -0.1) is 12.3 Å². The lowest BCUT2D eigenvalue weighted by Crippen LogP contribution is -2.54. The van der Waals surface area contributed by atoms with Gasteiger partial charge in [-0.1, -0.05) is 6.42 Å². The molecule has 1 unspecified atom stereocenters. The van der Waals surface area contributed by atoms with Gasteiger partial charge in [0.05, 0.1) is 5.41 Å². The van der Waals surface area contributed by atoms with Gasteiger partial charge in [-0.25, -0.2) is 4.79 Å². The largest absolute Gasteiger partial charge is 0.480 e. The van der Waals surface area contributed by atoms with Crippen LogP contribution in [0, 0.1) is 17.8 Å². The van der Waals surface area contributed by atoms with Gasteiger partial charge >= 0.3 is 5.97 Å². The summed E-state index contributed by atoms with van der Waals surface area (Å²) in [4.78, 5) is 22.6. The number of hydrogen-bond donors (Lipinski definition) is 3. The third kappa shape index (κ3) is 2.34. The zero-order chi connectivity index (χ0) is 12.2. The van der Waals surface area contributed by atoms with Crippen molar-refractivity contribution in [1.29, 1.82) is 0 Å². The van der Waals surface area contributed by atoms with Crippen LogP contribution in [0.15, 0.2) is 0 Å². The summed E-state index contributed by atoms with van der Waals surface area (Å²) in [6.07, 6.45) is 7.43. The molecule has 5 heteroatoms. The molecular formula is C11H16N2O3. The van der Waals surface area contributed by atoms with Gasteiger partial charge in [0.25, 0.3) is 0 Å². The van der Waals surface area contributed by atoms with Crippen molar-refractivity contribution in [2.45, 2.75) is 31.7 Å². The number of carbonyl (C=O) groups excluding carboxylic acids is 1. The number of aliphatic carboxylic acids is 1. The van der Waals surface area contributed by atoms with Crippen molar-refractivity contribution in [1.82, 2.24) is 5.32 Å². The van der Waals surface area contributed by atoms with E-state index in [1.165, 1.54) is 0 Å². The first kappa shape index (κ1) is 12.5. The third-order valence-corrected chi connectivity index (χ3v) is 3.11. The Hall–Kier alpha value is -1.54. The highest BCUT2D eigenvalue weighted by atomic mass is 16.4. The van der Waals surface area contributed by atoms with E-state index in [9.17, 15) is 9.59 Å². The summed E-state index contributed by atoms with van der Waals surface area (Å²) >= 11 is 0. The number of nitrogens with one attached hydrogen (secondary N) is 1. The zero-order valence-electron chi connectivity index (χ0n) is 9.03. The van der Waals surface area contributed by atoms with Crippen LogP contribution in [0.3, 0.4) is 0 Å². The maximum atomic E-state index is 11.8. The van der Waals surface area contributed by atoms with E-state index in [-0.39, 0.29) is 18.9 Å². The first-order valence-corrected chi connectivity index (χ1v) is 5.23. The maximum Gasteiger partial charge on any atom is 0.327 e. The van der Waals surface area contributed by atoms with E-state index >= 15 is 0 Å². The Morgan fingerprint density at radius 3 is 2.50 bits per heavy atom. The van der Waals surface area contributed by atoms with Crippen LogP contribution in [0.1, 0.15) is 25.7 Å². The average Bonchev–Trinajstić information content (AvgIpc) is 2.16. The van der Waals surface area contributed by atoms with Gasteiger partial charge < -0.3 is 16.2 Å². The zero-order valence-corrected chi connectivity index (χ0v) is 9.03. The molecular weight excluding hydrogens is 208 g/mol. The molecule has 0 aliphatic heterocycles. The number of amides is 1. The van der Waals surface area contributed by atoms with E-state index in [0.717, 1.165) is 19.3 Å². The summed E-state index contributed by atoms with van der Waals surface area (Å²) < 4.78 is 0. The summed E-state index contributed by atoms with van der Waals surface area (Å²) in [5.41, 5.74) is 4.98. The molecule has 1 rings (SSSR count). The Balaban J connectivity index is 2.61. The van der Waals surface area contributed by atoms with Crippen LogP contribution < -0.4 is 11.1 Å². The molecule has 1 fully saturated rings. The minimum atomic E-state index is -1.11. The smallest absolute Gasteiger partial charge is 0.327 e. The summed E-state index contributed by atoms with van der Waals surface area (Å²) in [5.74, 6) is 0.832. The van der Waals surface area contributed by atoms with Gasteiger partial charge in [0.1, 0.15) is 6.04 Å². The molecule has 1 saturated carbocycles. The van der Waals surface area contributed by atoms with Gasteiger partial charge in [0.2, 0.25) is 5.91 Å². The molecule has 16 heavy (non-hydrogen) atoms. The van der Waals surface area contributed by atoms with E-state index in [2.05, 4.69) is 11.2 Å². The molecule has 4 N–H and O–H groups in total. The fourth-order valence-electron chi connectivity index (χ4n) is 1.76. The van der Waals surface area contributed by atoms with Gasteiger partial charge in [-0.2, -0.15) is 0 Å². The lowest BCUT2D eigenvalue weighted by molar-refractivity contribution is -0.145. The molecule has 0 aromatic carbocycles. The fourth-order valence-corrected chi connectivity index (χ4v) is 1.76. The molecule has 88 valence electrons. The first-order valence-electron chi connectivity index (χ1n) is 5.23. The number of terminal acetylenes is 1. The van der Waals surface area contributed by atoms with Crippen molar-refractivity contribution in [2.75, 3.05) is 6.54 Å². The first-order chi connectivity index (χ1) is 7.55. The number of hydrogen-bond acceptors (Lipinski definition) is 3. The molecule has 1 amide bonds. The van der Waals surface area contributed by atoms with Crippen LogP contribution in [0.4, 0.5) is 0 Å². The number of carbonyl (C=O) groups is 2. The Labute approximate surface area is 94.4 Å². The van der Waals surface area contributed by atoms with Gasteiger partial charge in [0, 0.05) is 13.0 Å². The number of carboxylic acid groups (broad SMARTS) is 1. The van der Waals surface area contributed by atoms with E-state index in [1.54, 1.807) is 0 Å². The molecule has 0 spiro atoms. The molecule has 1 aliphatic carbocycles. The number of carboxylic acids is 1. The second kappa shape index (κ2) is 4.99. The Kier molecular flexibility index (Phi) is 3.91. The monoisotopic (exact) mass is 224 g/mol. The number of rotatable bonds is 5. The number of nitrogens with two attached hydrogens (primary N) is 1. The van der Waals surface area contributed by atoms with E-state index in [0.29, 0.717) is 0 Å². The summed E-state index contributed by atoms with van der Waals surface area (Å²) in [6, 6.07) is -1.01.